The summed E-state index contributed by atoms with van der Waals surface area (Å²) in [6.07, 6.45) is 6.14. The van der Waals surface area contributed by atoms with E-state index < -0.39 is 12.1 Å². The average molecular weight is 410 g/mol. The molecule has 31 heavy (non-hydrogen) atoms. The Morgan fingerprint density at radius 2 is 1.65 bits per heavy atom. The van der Waals surface area contributed by atoms with Crippen LogP contribution in [0, 0.1) is 0 Å². The minimum absolute atomic E-state index is 0.00354. The van der Waals surface area contributed by atoms with Crippen LogP contribution in [0.25, 0.3) is 11.6 Å². The van der Waals surface area contributed by atoms with E-state index in [-0.39, 0.29) is 5.78 Å². The van der Waals surface area contributed by atoms with Crippen LogP contribution in [0.4, 0.5) is 11.4 Å². The molecule has 0 aliphatic carbocycles. The van der Waals surface area contributed by atoms with E-state index in [4.69, 9.17) is 11.5 Å². The zero-order valence-corrected chi connectivity index (χ0v) is 17.6. The van der Waals surface area contributed by atoms with Crippen LogP contribution in [0.5, 0.6) is 0 Å². The van der Waals surface area contributed by atoms with Gasteiger partial charge in [-0.25, -0.2) is 0 Å². The molecule has 0 amide bonds. The molecule has 156 valence electrons. The van der Waals surface area contributed by atoms with Crippen molar-refractivity contribution >= 4 is 28.8 Å². The average Bonchev–Trinajstić information content (AvgIpc) is 2.79. The summed E-state index contributed by atoms with van der Waals surface area (Å²) in [5, 5.41) is 0. The molecule has 2 atom stereocenters. The Bertz CT molecular complexity index is 1110. The molecule has 4 N–H and O–H groups in total. The van der Waals surface area contributed by atoms with Gasteiger partial charge in [0.25, 0.3) is 0 Å². The number of nitrogens with zero attached hydrogens (tertiary/aromatic N) is 1. The highest BCUT2D eigenvalue weighted by Crippen LogP contribution is 2.36. The molecule has 3 aromatic carbocycles. The third kappa shape index (κ3) is 4.60. The number of nitrogen functional groups attached to an aromatic ring is 1. The standard InChI is InChI=1S/C27H27N3O/c1-19(28)27(31)26-17-22(14-11-20-12-15-23(29)16-13-20)24-9-5-6-10-25(24)30(26)18-21-7-3-2-4-8-21/h2-17,19,26H,18,28-29H2,1H3. The lowest BCUT2D eigenvalue weighted by atomic mass is 9.90. The van der Waals surface area contributed by atoms with Crippen molar-refractivity contribution in [2.75, 3.05) is 10.6 Å². The van der Waals surface area contributed by atoms with E-state index in [0.29, 0.717) is 6.54 Å². The summed E-state index contributed by atoms with van der Waals surface area (Å²) in [4.78, 5) is 15.3. The van der Waals surface area contributed by atoms with Crippen molar-refractivity contribution in [1.29, 1.82) is 0 Å². The monoisotopic (exact) mass is 409 g/mol. The van der Waals surface area contributed by atoms with Crippen molar-refractivity contribution in [3.63, 3.8) is 0 Å². The number of rotatable bonds is 6. The van der Waals surface area contributed by atoms with E-state index in [1.54, 1.807) is 6.92 Å². The second-order valence-electron chi connectivity index (χ2n) is 7.89. The predicted octanol–water partition coefficient (Wildman–Crippen LogP) is 4.67. The molecule has 4 nitrogen and oxygen atoms in total. The van der Waals surface area contributed by atoms with Crippen molar-refractivity contribution in [2.45, 2.75) is 25.6 Å². The molecule has 0 radical (unpaired) electrons. The number of allylic oxidation sites excluding steroid dienone is 2. The van der Waals surface area contributed by atoms with Gasteiger partial charge in [0.15, 0.2) is 5.78 Å². The van der Waals surface area contributed by atoms with E-state index in [0.717, 1.165) is 33.6 Å². The summed E-state index contributed by atoms with van der Waals surface area (Å²) in [6.45, 7) is 2.38. The van der Waals surface area contributed by atoms with Gasteiger partial charge in [0.1, 0.15) is 6.04 Å². The summed E-state index contributed by atoms with van der Waals surface area (Å²) in [5.74, 6) is 0.00354. The minimum Gasteiger partial charge on any atom is -0.399 e. The van der Waals surface area contributed by atoms with Crippen molar-refractivity contribution in [3.8, 4) is 0 Å². The lowest BCUT2D eigenvalue weighted by Gasteiger charge is -2.37. The Kier molecular flexibility index (Phi) is 6.01. The van der Waals surface area contributed by atoms with Gasteiger partial charge in [-0.05, 0) is 47.9 Å². The topological polar surface area (TPSA) is 72.3 Å². The first-order valence-corrected chi connectivity index (χ1v) is 10.5. The third-order valence-corrected chi connectivity index (χ3v) is 5.53. The number of para-hydroxylation sites is 1. The van der Waals surface area contributed by atoms with Crippen molar-refractivity contribution in [2.24, 2.45) is 5.73 Å². The van der Waals surface area contributed by atoms with E-state index in [2.05, 4.69) is 35.2 Å². The molecule has 4 heteroatoms. The van der Waals surface area contributed by atoms with Gasteiger partial charge in [0, 0.05) is 23.5 Å². The highest BCUT2D eigenvalue weighted by molar-refractivity contribution is 6.00. The molecule has 1 aliphatic heterocycles. The number of benzene rings is 3. The number of hydrogen-bond acceptors (Lipinski definition) is 4. The molecule has 0 spiro atoms. The zero-order valence-electron chi connectivity index (χ0n) is 17.6. The number of Topliss-reactive ketones (excluding diaryl/α,β-unsaturated/α-hetero) is 1. The molecular formula is C27H27N3O. The van der Waals surface area contributed by atoms with Crippen molar-refractivity contribution in [1.82, 2.24) is 0 Å². The number of carbonyl (C=O) groups is 1. The Morgan fingerprint density at radius 3 is 2.35 bits per heavy atom. The van der Waals surface area contributed by atoms with E-state index in [1.165, 1.54) is 0 Å². The van der Waals surface area contributed by atoms with Crippen molar-refractivity contribution in [3.05, 3.63) is 108 Å². The highest BCUT2D eigenvalue weighted by atomic mass is 16.1. The van der Waals surface area contributed by atoms with Crippen LogP contribution in [-0.2, 0) is 11.3 Å². The molecule has 0 saturated heterocycles. The molecule has 1 aliphatic rings. The van der Waals surface area contributed by atoms with Crippen LogP contribution in [0.1, 0.15) is 23.6 Å². The van der Waals surface area contributed by atoms with E-state index in [1.807, 2.05) is 66.7 Å². The second kappa shape index (κ2) is 9.02. The molecule has 3 aromatic rings. The van der Waals surface area contributed by atoms with Crippen LogP contribution in [0.15, 0.2) is 91.0 Å². The van der Waals surface area contributed by atoms with Crippen LogP contribution >= 0.6 is 0 Å². The fraction of sp³-hybridized carbons (Fsp3) is 0.148. The Hall–Kier alpha value is -3.63. The number of nitrogens with two attached hydrogens (primary N) is 2. The van der Waals surface area contributed by atoms with Gasteiger partial charge in [0.2, 0.25) is 0 Å². The number of anilines is 2. The van der Waals surface area contributed by atoms with Crippen LogP contribution in [0.2, 0.25) is 0 Å². The quantitative estimate of drug-likeness (QED) is 0.580. The fourth-order valence-corrected chi connectivity index (χ4v) is 3.88. The zero-order chi connectivity index (χ0) is 21.8. The minimum atomic E-state index is -0.549. The normalized spacial score (nSPS) is 16.6. The largest absolute Gasteiger partial charge is 0.399 e. The molecule has 4 rings (SSSR count). The number of fused-ring (bicyclic) bond motifs is 1. The van der Waals surface area contributed by atoms with Gasteiger partial charge in [0.05, 0.1) is 6.04 Å². The molecule has 0 fully saturated rings. The van der Waals surface area contributed by atoms with Gasteiger partial charge < -0.3 is 16.4 Å². The third-order valence-electron chi connectivity index (χ3n) is 5.53. The van der Waals surface area contributed by atoms with Crippen LogP contribution in [0.3, 0.4) is 0 Å². The first kappa shape index (κ1) is 20.6. The van der Waals surface area contributed by atoms with E-state index in [9.17, 15) is 4.79 Å². The summed E-state index contributed by atoms with van der Waals surface area (Å²) in [7, 11) is 0. The van der Waals surface area contributed by atoms with Crippen LogP contribution < -0.4 is 16.4 Å². The molecule has 0 bridgehead atoms. The SMILES string of the molecule is CC(N)C(=O)C1C=C(C=Cc2ccc(N)cc2)c2ccccc2N1Cc1ccccc1. The summed E-state index contributed by atoms with van der Waals surface area (Å²) in [5.41, 5.74) is 17.9. The molecule has 0 aromatic heterocycles. The smallest absolute Gasteiger partial charge is 0.175 e. The first-order valence-electron chi connectivity index (χ1n) is 10.5. The van der Waals surface area contributed by atoms with Gasteiger partial charge in [-0.3, -0.25) is 4.79 Å². The number of hydrogen-bond donors (Lipinski definition) is 2. The molecular weight excluding hydrogens is 382 g/mol. The Balaban J connectivity index is 1.76. The molecule has 1 heterocycles. The summed E-state index contributed by atoms with van der Waals surface area (Å²) >= 11 is 0. The Labute approximate surface area is 183 Å². The first-order chi connectivity index (χ1) is 15.0. The van der Waals surface area contributed by atoms with Gasteiger partial charge >= 0.3 is 0 Å². The Morgan fingerprint density at radius 1 is 0.968 bits per heavy atom. The second-order valence-corrected chi connectivity index (χ2v) is 7.89. The number of carbonyl (C=O) groups excluding carboxylic acids is 1. The molecule has 2 unspecified atom stereocenters. The molecule has 0 saturated carbocycles. The van der Waals surface area contributed by atoms with Crippen LogP contribution in [-0.4, -0.2) is 17.9 Å². The van der Waals surface area contributed by atoms with Crippen molar-refractivity contribution < 1.29 is 4.79 Å². The fourth-order valence-electron chi connectivity index (χ4n) is 3.88. The summed E-state index contributed by atoms with van der Waals surface area (Å²) in [6, 6.07) is 25.1. The maximum Gasteiger partial charge on any atom is 0.175 e. The van der Waals surface area contributed by atoms with Gasteiger partial charge in [-0.15, -0.1) is 0 Å². The summed E-state index contributed by atoms with van der Waals surface area (Å²) < 4.78 is 0. The lowest BCUT2D eigenvalue weighted by Crippen LogP contribution is -2.47. The van der Waals surface area contributed by atoms with Gasteiger partial charge in [-0.1, -0.05) is 72.8 Å². The predicted molar refractivity (Wildman–Crippen MR) is 129 cm³/mol. The van der Waals surface area contributed by atoms with Gasteiger partial charge in [-0.2, -0.15) is 0 Å². The maximum absolute atomic E-state index is 13.1. The number of ketones is 1. The maximum atomic E-state index is 13.1. The van der Waals surface area contributed by atoms with E-state index >= 15 is 0 Å². The lowest BCUT2D eigenvalue weighted by molar-refractivity contribution is -0.120. The highest BCUT2D eigenvalue weighted by Gasteiger charge is 2.32.